The zero-order valence-electron chi connectivity index (χ0n) is 6.12. The fourth-order valence-corrected chi connectivity index (χ4v) is 0.800. The maximum absolute atomic E-state index is 9.84. The summed E-state index contributed by atoms with van der Waals surface area (Å²) in [4.78, 5) is 9.84. The molecule has 0 saturated carbocycles. The van der Waals surface area contributed by atoms with Crippen LogP contribution in [0, 0.1) is 10.1 Å². The summed E-state index contributed by atoms with van der Waals surface area (Å²) >= 11 is 0. The number of rotatable bonds is 2. The van der Waals surface area contributed by atoms with Crippen molar-refractivity contribution in [2.24, 2.45) is 0 Å². The Morgan fingerprint density at radius 1 is 1.33 bits per heavy atom. The predicted molar refractivity (Wildman–Crippen MR) is 38.7 cm³/mol. The van der Waals surface area contributed by atoms with E-state index in [0.717, 1.165) is 0 Å². The van der Waals surface area contributed by atoms with Crippen molar-refractivity contribution in [1.29, 1.82) is 0 Å². The van der Waals surface area contributed by atoms with Gasteiger partial charge in [-0.05, 0) is 0 Å². The van der Waals surface area contributed by atoms with Gasteiger partial charge < -0.3 is 0 Å². The van der Waals surface area contributed by atoms with Crippen LogP contribution in [0.5, 0.6) is 0 Å². The molecule has 9 heavy (non-hydrogen) atoms. The van der Waals surface area contributed by atoms with E-state index in [9.17, 15) is 10.1 Å². The second kappa shape index (κ2) is 1.81. The van der Waals surface area contributed by atoms with Crippen molar-refractivity contribution in [1.82, 2.24) is 0 Å². The van der Waals surface area contributed by atoms with Gasteiger partial charge in [0, 0.05) is 0 Å². The summed E-state index contributed by atoms with van der Waals surface area (Å²) in [6, 6.07) is 0. The van der Waals surface area contributed by atoms with E-state index >= 15 is 0 Å². The fourth-order valence-electron chi connectivity index (χ4n) is 0.267. The Labute approximate surface area is 54.3 Å². The van der Waals surface area contributed by atoms with Crippen molar-refractivity contribution >= 4 is 6.83 Å². The van der Waals surface area contributed by atoms with Crippen molar-refractivity contribution in [3.8, 4) is 0 Å². The SMILES string of the molecule is CP(C)(C)(C)O[N+](=O)[O-]. The van der Waals surface area contributed by atoms with Crippen LogP contribution in [0.25, 0.3) is 0 Å². The first kappa shape index (κ1) is 8.63. The van der Waals surface area contributed by atoms with Crippen molar-refractivity contribution < 1.29 is 9.71 Å². The molecule has 0 aromatic heterocycles. The van der Waals surface area contributed by atoms with E-state index in [0.29, 0.717) is 0 Å². The Hall–Kier alpha value is -0.370. The molecule has 0 radical (unpaired) electrons. The summed E-state index contributed by atoms with van der Waals surface area (Å²) in [5, 5.41) is 9.11. The first-order valence-electron chi connectivity index (χ1n) is 2.52. The number of hydrogen-bond donors (Lipinski definition) is 0. The molecule has 0 aliphatic carbocycles. The minimum atomic E-state index is -2.37. The van der Waals surface area contributed by atoms with E-state index in [1.807, 2.05) is 0 Å². The zero-order valence-corrected chi connectivity index (χ0v) is 7.01. The Morgan fingerprint density at radius 2 is 1.67 bits per heavy atom. The Balaban J connectivity index is 4.05. The van der Waals surface area contributed by atoms with Crippen molar-refractivity contribution in [3.05, 3.63) is 10.1 Å². The van der Waals surface area contributed by atoms with Crippen molar-refractivity contribution in [2.45, 2.75) is 0 Å². The molecule has 0 aliphatic rings. The van der Waals surface area contributed by atoms with Gasteiger partial charge in [-0.2, -0.15) is 0 Å². The van der Waals surface area contributed by atoms with E-state index < -0.39 is 11.9 Å². The molecule has 0 aliphatic heterocycles. The molecule has 0 saturated heterocycles. The average Bonchev–Trinajstić information content (AvgIpc) is 1.16. The molecule has 0 fully saturated rings. The summed E-state index contributed by atoms with van der Waals surface area (Å²) in [6.07, 6.45) is 0. The summed E-state index contributed by atoms with van der Waals surface area (Å²) in [6.45, 7) is 4.72. The zero-order chi connectivity index (χ0) is 7.73. The fraction of sp³-hybridized carbons (Fsp3) is 1.00. The van der Waals surface area contributed by atoms with Crippen LogP contribution in [0.3, 0.4) is 0 Å². The molecule has 56 valence electrons. The van der Waals surface area contributed by atoms with Crippen LogP contribution in [0.1, 0.15) is 0 Å². The first-order valence-corrected chi connectivity index (χ1v) is 6.46. The van der Waals surface area contributed by atoms with Gasteiger partial charge in [0.05, 0.1) is 0 Å². The van der Waals surface area contributed by atoms with Gasteiger partial charge in [0.15, 0.2) is 0 Å². The van der Waals surface area contributed by atoms with Gasteiger partial charge in [-0.1, -0.05) is 0 Å². The Bertz CT molecular complexity index is 127. The van der Waals surface area contributed by atoms with Crippen molar-refractivity contribution in [2.75, 3.05) is 26.7 Å². The van der Waals surface area contributed by atoms with Gasteiger partial charge in [0.2, 0.25) is 0 Å². The second-order valence-corrected chi connectivity index (χ2v) is 10.7. The average molecular weight is 153 g/mol. The van der Waals surface area contributed by atoms with Crippen LogP contribution in [0.4, 0.5) is 0 Å². The van der Waals surface area contributed by atoms with E-state index in [-0.39, 0.29) is 0 Å². The molecular formula is C4H12NO3P. The summed E-state index contributed by atoms with van der Waals surface area (Å²) in [7, 11) is 0. The minimum absolute atomic E-state index is 0.724. The van der Waals surface area contributed by atoms with Gasteiger partial charge in [0.1, 0.15) is 0 Å². The molecule has 0 bridgehead atoms. The third-order valence-corrected chi connectivity index (χ3v) is 1.18. The third-order valence-electron chi connectivity index (χ3n) is 0.393. The van der Waals surface area contributed by atoms with Crippen LogP contribution >= 0.6 is 6.83 Å². The van der Waals surface area contributed by atoms with Crippen LogP contribution in [0.15, 0.2) is 0 Å². The van der Waals surface area contributed by atoms with Crippen LogP contribution in [-0.2, 0) is 4.62 Å². The maximum atomic E-state index is 9.84. The van der Waals surface area contributed by atoms with Gasteiger partial charge in [-0.3, -0.25) is 0 Å². The third kappa shape index (κ3) is 7.63. The molecule has 0 aromatic rings. The molecule has 4 nitrogen and oxygen atoms in total. The Morgan fingerprint density at radius 3 is 1.67 bits per heavy atom. The van der Waals surface area contributed by atoms with Gasteiger partial charge in [-0.25, -0.2) is 0 Å². The summed E-state index contributed by atoms with van der Waals surface area (Å²) in [5.41, 5.74) is 0. The topological polar surface area (TPSA) is 52.4 Å². The number of nitrogens with zero attached hydrogens (tertiary/aromatic N) is 1. The second-order valence-electron chi connectivity index (χ2n) is 3.72. The van der Waals surface area contributed by atoms with Crippen LogP contribution in [0.2, 0.25) is 0 Å². The van der Waals surface area contributed by atoms with Crippen molar-refractivity contribution in [3.63, 3.8) is 0 Å². The molecule has 0 N–H and O–H groups in total. The van der Waals surface area contributed by atoms with Gasteiger partial charge >= 0.3 is 53.3 Å². The normalized spacial score (nSPS) is 15.8. The molecular weight excluding hydrogens is 141 g/mol. The van der Waals surface area contributed by atoms with Crippen LogP contribution < -0.4 is 0 Å². The van der Waals surface area contributed by atoms with E-state index in [1.54, 1.807) is 26.7 Å². The molecule has 0 aromatic carbocycles. The molecule has 0 spiro atoms. The Kier molecular flexibility index (Phi) is 1.73. The molecule has 0 amide bonds. The number of hydrogen-bond acceptors (Lipinski definition) is 3. The van der Waals surface area contributed by atoms with Gasteiger partial charge in [-0.15, -0.1) is 0 Å². The molecule has 5 heteroatoms. The van der Waals surface area contributed by atoms with Crippen LogP contribution in [-0.4, -0.2) is 31.7 Å². The van der Waals surface area contributed by atoms with Gasteiger partial charge in [0.25, 0.3) is 0 Å². The molecule has 0 unspecified atom stereocenters. The first-order chi connectivity index (χ1) is 3.67. The monoisotopic (exact) mass is 153 g/mol. The van der Waals surface area contributed by atoms with E-state index in [1.165, 1.54) is 0 Å². The molecule has 0 atom stereocenters. The quantitative estimate of drug-likeness (QED) is 0.340. The van der Waals surface area contributed by atoms with E-state index in [4.69, 9.17) is 0 Å². The van der Waals surface area contributed by atoms with E-state index in [2.05, 4.69) is 4.62 Å². The molecule has 0 rings (SSSR count). The summed E-state index contributed by atoms with van der Waals surface area (Å²) < 4.78 is 4.48. The molecule has 0 heterocycles. The summed E-state index contributed by atoms with van der Waals surface area (Å²) in [5.74, 6) is 0. The predicted octanol–water partition coefficient (Wildman–Crippen LogP) is 1.18. The standard InChI is InChI=1S/C4H12NO3P/c1-9(2,3,4)8-5(6)7/h1-4H3.